The standard InChI is InChI=1S/C17H22N2O2/c20-15-10-6-5-7-12(15)11-18-19-17(21)16-13-8-3-1-2-4-9-14(13)16/h5-7,10-11,13-14,16,20H,1-4,8-9H2,(H,19,21)/b18-11+. The lowest BCUT2D eigenvalue weighted by Gasteiger charge is -2.04. The maximum atomic E-state index is 12.2. The molecule has 112 valence electrons. The van der Waals surface area contributed by atoms with Crippen molar-refractivity contribution in [2.75, 3.05) is 0 Å². The van der Waals surface area contributed by atoms with Crippen LogP contribution in [0.4, 0.5) is 0 Å². The summed E-state index contributed by atoms with van der Waals surface area (Å²) >= 11 is 0. The van der Waals surface area contributed by atoms with Gasteiger partial charge in [0, 0.05) is 11.5 Å². The maximum absolute atomic E-state index is 12.2. The number of phenols is 1. The second-order valence-corrected chi connectivity index (χ2v) is 6.14. The number of benzene rings is 1. The Morgan fingerprint density at radius 2 is 1.81 bits per heavy atom. The molecule has 0 spiro atoms. The van der Waals surface area contributed by atoms with E-state index in [1.165, 1.54) is 44.7 Å². The van der Waals surface area contributed by atoms with Gasteiger partial charge in [0.05, 0.1) is 6.21 Å². The van der Waals surface area contributed by atoms with E-state index in [0.29, 0.717) is 17.4 Å². The maximum Gasteiger partial charge on any atom is 0.243 e. The number of carbonyl (C=O) groups is 1. The first-order valence-corrected chi connectivity index (χ1v) is 7.88. The zero-order valence-electron chi connectivity index (χ0n) is 12.2. The number of fused-ring (bicyclic) bond motifs is 1. The van der Waals surface area contributed by atoms with Crippen LogP contribution in [0.5, 0.6) is 5.75 Å². The van der Waals surface area contributed by atoms with Crippen molar-refractivity contribution >= 4 is 12.1 Å². The van der Waals surface area contributed by atoms with Crippen molar-refractivity contribution in [1.29, 1.82) is 0 Å². The van der Waals surface area contributed by atoms with Crippen molar-refractivity contribution in [1.82, 2.24) is 5.43 Å². The number of phenolic OH excluding ortho intramolecular Hbond substituents is 1. The molecule has 1 aromatic rings. The van der Waals surface area contributed by atoms with E-state index >= 15 is 0 Å². The normalized spacial score (nSPS) is 28.5. The summed E-state index contributed by atoms with van der Waals surface area (Å²) in [5.74, 6) is 1.52. The third-order valence-electron chi connectivity index (χ3n) is 4.77. The van der Waals surface area contributed by atoms with Crippen molar-refractivity contribution in [3.05, 3.63) is 29.8 Å². The molecular weight excluding hydrogens is 264 g/mol. The summed E-state index contributed by atoms with van der Waals surface area (Å²) in [6, 6.07) is 6.94. The van der Waals surface area contributed by atoms with Crippen LogP contribution < -0.4 is 5.43 Å². The molecule has 0 saturated heterocycles. The predicted molar refractivity (Wildman–Crippen MR) is 82.0 cm³/mol. The number of amides is 1. The zero-order chi connectivity index (χ0) is 14.7. The quantitative estimate of drug-likeness (QED) is 0.662. The average molecular weight is 286 g/mol. The van der Waals surface area contributed by atoms with Crippen LogP contribution in [0.25, 0.3) is 0 Å². The minimum atomic E-state index is 0.0403. The van der Waals surface area contributed by atoms with Gasteiger partial charge in [0.1, 0.15) is 5.75 Å². The summed E-state index contributed by atoms with van der Waals surface area (Å²) in [5, 5.41) is 13.6. The van der Waals surface area contributed by atoms with E-state index in [-0.39, 0.29) is 17.6 Å². The molecule has 0 aliphatic heterocycles. The SMILES string of the molecule is O=C(N/N=C/c1ccccc1O)C1C2CCCCCCC21. The molecule has 0 heterocycles. The topological polar surface area (TPSA) is 61.7 Å². The van der Waals surface area contributed by atoms with Gasteiger partial charge in [-0.25, -0.2) is 5.43 Å². The van der Waals surface area contributed by atoms with E-state index in [9.17, 15) is 9.90 Å². The minimum absolute atomic E-state index is 0.0403. The van der Waals surface area contributed by atoms with E-state index in [1.807, 2.05) is 6.07 Å². The summed E-state index contributed by atoms with van der Waals surface area (Å²) in [4.78, 5) is 12.2. The summed E-state index contributed by atoms with van der Waals surface area (Å²) in [5.41, 5.74) is 3.25. The van der Waals surface area contributed by atoms with Crippen LogP contribution in [-0.4, -0.2) is 17.2 Å². The fourth-order valence-corrected chi connectivity index (χ4v) is 3.57. The van der Waals surface area contributed by atoms with Gasteiger partial charge in [0.25, 0.3) is 0 Å². The molecule has 4 heteroatoms. The highest BCUT2D eigenvalue weighted by molar-refractivity contribution is 5.86. The first-order chi connectivity index (χ1) is 10.3. The van der Waals surface area contributed by atoms with Crippen molar-refractivity contribution in [2.24, 2.45) is 22.9 Å². The Morgan fingerprint density at radius 3 is 2.48 bits per heavy atom. The van der Waals surface area contributed by atoms with Crippen molar-refractivity contribution < 1.29 is 9.90 Å². The van der Waals surface area contributed by atoms with Crippen molar-refractivity contribution in [3.63, 3.8) is 0 Å². The lowest BCUT2D eigenvalue weighted by Crippen LogP contribution is -2.21. The Hall–Kier alpha value is -1.84. The molecule has 1 aromatic carbocycles. The number of nitrogens with one attached hydrogen (secondary N) is 1. The first kappa shape index (κ1) is 14.1. The average Bonchev–Trinajstić information content (AvgIpc) is 3.12. The number of para-hydroxylation sites is 1. The summed E-state index contributed by atoms with van der Waals surface area (Å²) in [6.07, 6.45) is 9.00. The molecule has 2 N–H and O–H groups in total. The second kappa shape index (κ2) is 6.29. The largest absolute Gasteiger partial charge is 0.507 e. The van der Waals surface area contributed by atoms with Gasteiger partial charge < -0.3 is 5.11 Å². The molecule has 2 atom stereocenters. The number of hydrazone groups is 1. The molecule has 0 aromatic heterocycles. The Kier molecular flexibility index (Phi) is 4.23. The first-order valence-electron chi connectivity index (χ1n) is 7.88. The molecule has 2 aliphatic carbocycles. The van der Waals surface area contributed by atoms with Crippen LogP contribution in [-0.2, 0) is 4.79 Å². The number of aromatic hydroxyl groups is 1. The van der Waals surface area contributed by atoms with E-state index < -0.39 is 0 Å². The summed E-state index contributed by atoms with van der Waals surface area (Å²) in [7, 11) is 0. The third kappa shape index (κ3) is 3.26. The molecule has 0 bridgehead atoms. The minimum Gasteiger partial charge on any atom is -0.507 e. The smallest absolute Gasteiger partial charge is 0.243 e. The van der Waals surface area contributed by atoms with E-state index in [2.05, 4.69) is 10.5 Å². The van der Waals surface area contributed by atoms with Gasteiger partial charge >= 0.3 is 0 Å². The van der Waals surface area contributed by atoms with Gasteiger partial charge in [0.15, 0.2) is 0 Å². The van der Waals surface area contributed by atoms with Gasteiger partial charge in [-0.3, -0.25) is 4.79 Å². The Bertz CT molecular complexity index is 527. The lowest BCUT2D eigenvalue weighted by molar-refractivity contribution is -0.122. The second-order valence-electron chi connectivity index (χ2n) is 6.14. The summed E-state index contributed by atoms with van der Waals surface area (Å²) < 4.78 is 0. The Labute approximate surface area is 125 Å². The van der Waals surface area contributed by atoms with Crippen LogP contribution in [0.3, 0.4) is 0 Å². The molecule has 0 radical (unpaired) electrons. The number of rotatable bonds is 3. The fraction of sp³-hybridized carbons (Fsp3) is 0.529. The van der Waals surface area contributed by atoms with Gasteiger partial charge in [0.2, 0.25) is 5.91 Å². The van der Waals surface area contributed by atoms with Crippen molar-refractivity contribution in [3.8, 4) is 5.75 Å². The molecule has 2 aliphatic rings. The number of hydrogen-bond donors (Lipinski definition) is 2. The number of nitrogens with zero attached hydrogens (tertiary/aromatic N) is 1. The van der Waals surface area contributed by atoms with Gasteiger partial charge in [-0.2, -0.15) is 5.10 Å². The molecule has 21 heavy (non-hydrogen) atoms. The monoisotopic (exact) mass is 286 g/mol. The molecule has 2 unspecified atom stereocenters. The van der Waals surface area contributed by atoms with Crippen LogP contribution in [0.1, 0.15) is 44.1 Å². The highest BCUT2D eigenvalue weighted by atomic mass is 16.3. The Balaban J connectivity index is 1.54. The molecule has 2 saturated carbocycles. The van der Waals surface area contributed by atoms with E-state index in [0.717, 1.165) is 0 Å². The van der Waals surface area contributed by atoms with Crippen LogP contribution in [0.15, 0.2) is 29.4 Å². The lowest BCUT2D eigenvalue weighted by atomic mass is 10.0. The molecule has 1 amide bonds. The van der Waals surface area contributed by atoms with E-state index in [4.69, 9.17) is 0 Å². The number of carbonyl (C=O) groups excluding carboxylic acids is 1. The van der Waals surface area contributed by atoms with Crippen LogP contribution in [0.2, 0.25) is 0 Å². The highest BCUT2D eigenvalue weighted by Gasteiger charge is 2.53. The van der Waals surface area contributed by atoms with E-state index in [1.54, 1.807) is 18.2 Å². The number of hydrogen-bond acceptors (Lipinski definition) is 3. The van der Waals surface area contributed by atoms with Gasteiger partial charge in [-0.15, -0.1) is 0 Å². The predicted octanol–water partition coefficient (Wildman–Crippen LogP) is 3.06. The van der Waals surface area contributed by atoms with Crippen molar-refractivity contribution in [2.45, 2.75) is 38.5 Å². The van der Waals surface area contributed by atoms with Gasteiger partial charge in [-0.1, -0.05) is 37.8 Å². The summed E-state index contributed by atoms with van der Waals surface area (Å²) in [6.45, 7) is 0. The fourth-order valence-electron chi connectivity index (χ4n) is 3.57. The third-order valence-corrected chi connectivity index (χ3v) is 4.77. The van der Waals surface area contributed by atoms with Gasteiger partial charge in [-0.05, 0) is 36.8 Å². The van der Waals surface area contributed by atoms with Crippen LogP contribution in [0, 0.1) is 17.8 Å². The molecule has 4 nitrogen and oxygen atoms in total. The van der Waals surface area contributed by atoms with Crippen LogP contribution >= 0.6 is 0 Å². The molecule has 3 rings (SSSR count). The highest BCUT2D eigenvalue weighted by Crippen LogP contribution is 2.53. The Morgan fingerprint density at radius 1 is 1.14 bits per heavy atom. The molecular formula is C17H22N2O2. The molecule has 2 fully saturated rings. The zero-order valence-corrected chi connectivity index (χ0v) is 12.2.